The van der Waals surface area contributed by atoms with Crippen molar-refractivity contribution in [1.82, 2.24) is 0 Å². The third-order valence-electron chi connectivity index (χ3n) is 4.07. The van der Waals surface area contributed by atoms with Gasteiger partial charge in [-0.2, -0.15) is 11.8 Å². The van der Waals surface area contributed by atoms with Crippen LogP contribution in [0, 0.1) is 19.8 Å². The molecule has 3 atom stereocenters. The minimum Gasteiger partial charge on any atom is -0.323 e. The van der Waals surface area contributed by atoms with Gasteiger partial charge in [-0.3, -0.25) is 0 Å². The number of hydrogen-bond donors (Lipinski definition) is 1. The molecule has 2 N–H and O–H groups in total. The molecule has 0 amide bonds. The van der Waals surface area contributed by atoms with Crippen LogP contribution in [-0.4, -0.2) is 11.0 Å². The van der Waals surface area contributed by atoms with Gasteiger partial charge in [0.1, 0.15) is 0 Å². The topological polar surface area (TPSA) is 26.0 Å². The van der Waals surface area contributed by atoms with Gasteiger partial charge in [0.2, 0.25) is 0 Å². The van der Waals surface area contributed by atoms with Gasteiger partial charge in [-0.1, -0.05) is 49.1 Å². The second-order valence-corrected chi connectivity index (χ2v) is 7.59. The fraction of sp³-hybridized carbons (Fsp3) is 0.647. The fourth-order valence-corrected chi connectivity index (χ4v) is 4.56. The molecule has 106 valence electrons. The molecule has 0 aliphatic heterocycles. The average Bonchev–Trinajstić information content (AvgIpc) is 2.35. The summed E-state index contributed by atoms with van der Waals surface area (Å²) in [5, 5.41) is 0.834. The lowest BCUT2D eigenvalue weighted by Gasteiger charge is -2.27. The van der Waals surface area contributed by atoms with Gasteiger partial charge in [-0.25, -0.2) is 0 Å². The normalized spacial score (nSPS) is 25.3. The van der Waals surface area contributed by atoms with Crippen molar-refractivity contribution in [3.8, 4) is 0 Å². The van der Waals surface area contributed by atoms with Crippen LogP contribution in [0.15, 0.2) is 18.2 Å². The zero-order valence-electron chi connectivity index (χ0n) is 12.5. The molecule has 1 aliphatic carbocycles. The van der Waals surface area contributed by atoms with E-state index in [9.17, 15) is 0 Å². The molecule has 1 nitrogen and oxygen atoms in total. The molecule has 0 heterocycles. The molecule has 1 aromatic rings. The van der Waals surface area contributed by atoms with Crippen molar-refractivity contribution < 1.29 is 0 Å². The minimum absolute atomic E-state index is 0.181. The van der Waals surface area contributed by atoms with E-state index in [1.165, 1.54) is 42.4 Å². The first-order valence-corrected chi connectivity index (χ1v) is 8.55. The van der Waals surface area contributed by atoms with Crippen molar-refractivity contribution >= 4 is 11.8 Å². The number of benzene rings is 1. The van der Waals surface area contributed by atoms with E-state index in [4.69, 9.17) is 5.73 Å². The van der Waals surface area contributed by atoms with Crippen molar-refractivity contribution in [3.63, 3.8) is 0 Å². The zero-order valence-corrected chi connectivity index (χ0v) is 13.3. The number of hydrogen-bond acceptors (Lipinski definition) is 2. The van der Waals surface area contributed by atoms with Gasteiger partial charge < -0.3 is 5.73 Å². The molecule has 2 rings (SSSR count). The molecule has 1 saturated carbocycles. The highest BCUT2D eigenvalue weighted by Gasteiger charge is 2.20. The predicted octanol–water partition coefficient (Wildman–Crippen LogP) is 4.62. The van der Waals surface area contributed by atoms with Crippen LogP contribution >= 0.6 is 11.8 Å². The summed E-state index contributed by atoms with van der Waals surface area (Å²) in [5.74, 6) is 1.96. The largest absolute Gasteiger partial charge is 0.323 e. The Hall–Kier alpha value is -0.470. The van der Waals surface area contributed by atoms with Crippen LogP contribution in [-0.2, 0) is 0 Å². The summed E-state index contributed by atoms with van der Waals surface area (Å²) in [5.41, 5.74) is 10.3. The Morgan fingerprint density at radius 2 is 1.89 bits per heavy atom. The lowest BCUT2D eigenvalue weighted by molar-refractivity contribution is 0.394. The Bertz CT molecular complexity index is 395. The van der Waals surface area contributed by atoms with E-state index in [0.717, 1.165) is 16.9 Å². The summed E-state index contributed by atoms with van der Waals surface area (Å²) in [6.45, 7) is 6.69. The molecular weight excluding hydrogens is 250 g/mol. The zero-order chi connectivity index (χ0) is 13.8. The van der Waals surface area contributed by atoms with Gasteiger partial charge in [-0.05, 0) is 38.2 Å². The standard InChI is InChI=1S/C17H27NS/c1-12-5-4-6-16(10-12)19-11-17(18)15-8-13(2)7-14(3)9-15/h7-9,12,16-17H,4-6,10-11,18H2,1-3H3. The van der Waals surface area contributed by atoms with Crippen LogP contribution in [0.5, 0.6) is 0 Å². The molecule has 0 spiro atoms. The second-order valence-electron chi connectivity index (χ2n) is 6.25. The van der Waals surface area contributed by atoms with Crippen LogP contribution < -0.4 is 5.73 Å². The van der Waals surface area contributed by atoms with Gasteiger partial charge in [0.05, 0.1) is 0 Å². The first-order valence-electron chi connectivity index (χ1n) is 7.50. The first kappa shape index (κ1) is 14.9. The van der Waals surface area contributed by atoms with Gasteiger partial charge in [-0.15, -0.1) is 0 Å². The molecule has 1 fully saturated rings. The summed E-state index contributed by atoms with van der Waals surface area (Å²) in [6, 6.07) is 6.87. The van der Waals surface area contributed by atoms with Gasteiger partial charge >= 0.3 is 0 Å². The molecule has 1 aliphatic rings. The SMILES string of the molecule is Cc1cc(C)cc(C(N)CSC2CCCC(C)C2)c1. The van der Waals surface area contributed by atoms with Crippen LogP contribution in [0.1, 0.15) is 55.3 Å². The number of thioether (sulfide) groups is 1. The molecule has 19 heavy (non-hydrogen) atoms. The summed E-state index contributed by atoms with van der Waals surface area (Å²) < 4.78 is 0. The molecule has 1 aromatic carbocycles. The Balaban J connectivity index is 1.88. The third-order valence-corrected chi connectivity index (χ3v) is 5.52. The molecule has 0 radical (unpaired) electrons. The van der Waals surface area contributed by atoms with Gasteiger partial charge in [0.15, 0.2) is 0 Å². The maximum absolute atomic E-state index is 6.36. The van der Waals surface area contributed by atoms with Crippen molar-refractivity contribution in [2.45, 2.75) is 57.7 Å². The molecule has 0 aromatic heterocycles. The van der Waals surface area contributed by atoms with E-state index in [2.05, 4.69) is 50.7 Å². The predicted molar refractivity (Wildman–Crippen MR) is 86.7 cm³/mol. The van der Waals surface area contributed by atoms with Crippen LogP contribution in [0.4, 0.5) is 0 Å². The van der Waals surface area contributed by atoms with Crippen molar-refractivity contribution in [2.75, 3.05) is 5.75 Å². The number of rotatable bonds is 4. The van der Waals surface area contributed by atoms with Gasteiger partial charge in [0.25, 0.3) is 0 Å². The Kier molecular flexibility index (Phi) is 5.35. The fourth-order valence-electron chi connectivity index (χ4n) is 3.09. The molecule has 0 bridgehead atoms. The van der Waals surface area contributed by atoms with Crippen molar-refractivity contribution in [3.05, 3.63) is 34.9 Å². The monoisotopic (exact) mass is 277 g/mol. The molecule has 3 unspecified atom stereocenters. The summed E-state index contributed by atoms with van der Waals surface area (Å²) in [6.07, 6.45) is 5.58. The molecule has 2 heteroatoms. The van der Waals surface area contributed by atoms with Crippen molar-refractivity contribution in [2.24, 2.45) is 11.7 Å². The smallest absolute Gasteiger partial charge is 0.0387 e. The van der Waals surface area contributed by atoms with Crippen molar-refractivity contribution in [1.29, 1.82) is 0 Å². The van der Waals surface area contributed by atoms with E-state index >= 15 is 0 Å². The summed E-state index contributed by atoms with van der Waals surface area (Å²) >= 11 is 2.09. The maximum Gasteiger partial charge on any atom is 0.0387 e. The number of nitrogens with two attached hydrogens (primary N) is 1. The average molecular weight is 277 g/mol. The minimum atomic E-state index is 0.181. The summed E-state index contributed by atoms with van der Waals surface area (Å²) in [4.78, 5) is 0. The van der Waals surface area contributed by atoms with Crippen LogP contribution in [0.3, 0.4) is 0 Å². The third kappa shape index (κ3) is 4.54. The Morgan fingerprint density at radius 3 is 2.53 bits per heavy atom. The Labute approximate surface area is 122 Å². The Morgan fingerprint density at radius 1 is 1.21 bits per heavy atom. The highest BCUT2D eigenvalue weighted by atomic mass is 32.2. The molecular formula is C17H27NS. The summed E-state index contributed by atoms with van der Waals surface area (Å²) in [7, 11) is 0. The highest BCUT2D eigenvalue weighted by Crippen LogP contribution is 2.33. The van der Waals surface area contributed by atoms with E-state index < -0.39 is 0 Å². The molecule has 0 saturated heterocycles. The maximum atomic E-state index is 6.36. The quantitative estimate of drug-likeness (QED) is 0.869. The van der Waals surface area contributed by atoms with Crippen LogP contribution in [0.2, 0.25) is 0 Å². The van der Waals surface area contributed by atoms with E-state index in [-0.39, 0.29) is 6.04 Å². The lowest BCUT2D eigenvalue weighted by Crippen LogP contribution is -2.19. The lowest BCUT2D eigenvalue weighted by atomic mass is 9.91. The van der Waals surface area contributed by atoms with E-state index in [1.807, 2.05) is 0 Å². The van der Waals surface area contributed by atoms with Gasteiger partial charge in [0, 0.05) is 17.0 Å². The van der Waals surface area contributed by atoms with Crippen LogP contribution in [0.25, 0.3) is 0 Å². The van der Waals surface area contributed by atoms with E-state index in [0.29, 0.717) is 0 Å². The highest BCUT2D eigenvalue weighted by molar-refractivity contribution is 7.99. The first-order chi connectivity index (χ1) is 9.04. The number of aryl methyl sites for hydroxylation is 2. The second kappa shape index (κ2) is 6.81. The van der Waals surface area contributed by atoms with E-state index in [1.54, 1.807) is 0 Å².